The van der Waals surface area contributed by atoms with E-state index in [0.717, 1.165) is 45.3 Å². The number of aryl methyl sites for hydroxylation is 2. The summed E-state index contributed by atoms with van der Waals surface area (Å²) in [6, 6.07) is 14.8. The lowest BCUT2D eigenvalue weighted by Crippen LogP contribution is -2.60. The van der Waals surface area contributed by atoms with Crippen LogP contribution in [0.1, 0.15) is 54.8 Å². The van der Waals surface area contributed by atoms with Gasteiger partial charge in [-0.3, -0.25) is 19.6 Å². The summed E-state index contributed by atoms with van der Waals surface area (Å²) in [6.45, 7) is 7.26. The fourth-order valence-electron chi connectivity index (χ4n) is 6.15. The summed E-state index contributed by atoms with van der Waals surface area (Å²) >= 11 is 10.0. The number of halogens is 2. The number of rotatable bonds is 5. The summed E-state index contributed by atoms with van der Waals surface area (Å²) in [6.07, 6.45) is 8.35. The molecule has 1 aliphatic carbocycles. The molecule has 2 aromatic heterocycles. The number of anilines is 1. The first-order valence-corrected chi connectivity index (χ1v) is 16.2. The second-order valence-corrected chi connectivity index (χ2v) is 13.9. The largest absolute Gasteiger partial charge is 0.444 e. The molecule has 11 heteroatoms. The van der Waals surface area contributed by atoms with Gasteiger partial charge >= 0.3 is 6.09 Å². The molecule has 0 saturated carbocycles. The molecule has 1 saturated heterocycles. The third-order valence-electron chi connectivity index (χ3n) is 8.12. The molecule has 0 spiro atoms. The van der Waals surface area contributed by atoms with Crippen LogP contribution < -0.4 is 5.32 Å². The predicted octanol–water partition coefficient (Wildman–Crippen LogP) is 6.49. The maximum absolute atomic E-state index is 14.1. The van der Waals surface area contributed by atoms with Crippen molar-refractivity contribution >= 4 is 45.2 Å². The number of aromatic nitrogens is 3. The van der Waals surface area contributed by atoms with Gasteiger partial charge in [-0.05, 0) is 102 Å². The molecule has 1 N–H and O–H groups in total. The molecule has 1 aliphatic heterocycles. The number of carbonyl (C=O) groups is 2. The number of amides is 2. The molecule has 3 heterocycles. The van der Waals surface area contributed by atoms with Gasteiger partial charge in [-0.1, -0.05) is 29.8 Å². The van der Waals surface area contributed by atoms with Crippen molar-refractivity contribution in [1.29, 1.82) is 0 Å². The van der Waals surface area contributed by atoms with E-state index in [1.165, 1.54) is 0 Å². The zero-order chi connectivity index (χ0) is 31.7. The molecule has 1 fully saturated rings. The summed E-state index contributed by atoms with van der Waals surface area (Å²) in [4.78, 5) is 40.4. The topological polar surface area (TPSA) is 92.6 Å². The summed E-state index contributed by atoms with van der Waals surface area (Å²) in [7, 11) is 0. The third-order valence-corrected chi connectivity index (χ3v) is 8.79. The minimum absolute atomic E-state index is 0.211. The molecule has 45 heavy (non-hydrogen) atoms. The average Bonchev–Trinajstić information content (AvgIpc) is 3.44. The molecule has 9 nitrogen and oxygen atoms in total. The molecule has 2 atom stereocenters. The molecule has 2 aliphatic rings. The minimum atomic E-state index is -0.802. The molecule has 2 amide bonds. The number of pyridine rings is 1. The summed E-state index contributed by atoms with van der Waals surface area (Å²) in [5.74, 6) is -0.278. The molecular weight excluding hydrogens is 656 g/mol. The number of hydrogen-bond acceptors (Lipinski definition) is 6. The highest BCUT2D eigenvalue weighted by Gasteiger charge is 2.41. The minimum Gasteiger partial charge on any atom is -0.444 e. The van der Waals surface area contributed by atoms with E-state index in [4.69, 9.17) is 21.3 Å². The van der Waals surface area contributed by atoms with Crippen molar-refractivity contribution in [2.75, 3.05) is 25.0 Å². The normalized spacial score (nSPS) is 18.5. The second kappa shape index (κ2) is 12.9. The monoisotopic (exact) mass is 690 g/mol. The van der Waals surface area contributed by atoms with Crippen LogP contribution in [0.25, 0.3) is 0 Å². The summed E-state index contributed by atoms with van der Waals surface area (Å²) < 4.78 is 8.66. The van der Waals surface area contributed by atoms with Crippen molar-refractivity contribution in [3.05, 3.63) is 111 Å². The number of piperazine rings is 1. The highest BCUT2D eigenvalue weighted by Crippen LogP contribution is 2.38. The van der Waals surface area contributed by atoms with Gasteiger partial charge in [-0.25, -0.2) is 9.78 Å². The zero-order valence-corrected chi connectivity index (χ0v) is 27.9. The number of fused-ring (bicyclic) bond motifs is 2. The molecule has 0 radical (unpaired) electrons. The quantitative estimate of drug-likeness (QED) is 0.257. The van der Waals surface area contributed by atoms with E-state index < -0.39 is 17.7 Å². The van der Waals surface area contributed by atoms with Crippen LogP contribution in [0.3, 0.4) is 0 Å². The smallest absolute Gasteiger partial charge is 0.411 e. The number of nitrogens with zero attached hydrogens (tertiary/aromatic N) is 5. The maximum atomic E-state index is 14.1. The molecular formula is C34H36BrClN6O3. The Morgan fingerprint density at radius 1 is 1.09 bits per heavy atom. The van der Waals surface area contributed by atoms with Crippen LogP contribution in [0.5, 0.6) is 0 Å². The second-order valence-electron chi connectivity index (χ2n) is 12.6. The third kappa shape index (κ3) is 7.24. The number of imidazole rings is 1. The molecule has 6 rings (SSSR count). The standard InChI is InChI=1S/C34H36BrClN6O3/c1-34(2,3)45-33(44)42-14-13-41(20-29(42)32(43)39-27-6-4-5-22(15-27)19-40-12-11-37-21-40)31-28-10-9-26(36)17-23(28)7-8-24-16-25(35)18-38-30(24)31/h4-6,9-12,15-18,21,29,31H,7-8,13-14,19-20H2,1-3H3,(H,39,43)/t29-,31?/m0/s1. The Bertz CT molecular complexity index is 1650. The van der Waals surface area contributed by atoms with Crippen LogP contribution in [0, 0.1) is 0 Å². The Kier molecular flexibility index (Phi) is 8.99. The zero-order valence-electron chi connectivity index (χ0n) is 25.5. The van der Waals surface area contributed by atoms with Crippen molar-refractivity contribution in [1.82, 2.24) is 24.3 Å². The molecule has 4 aromatic rings. The Morgan fingerprint density at radius 2 is 1.91 bits per heavy atom. The Hall–Kier alpha value is -3.73. The van der Waals surface area contributed by atoms with Gasteiger partial charge in [0, 0.05) is 60.0 Å². The van der Waals surface area contributed by atoms with Gasteiger partial charge in [0.25, 0.3) is 0 Å². The Balaban J connectivity index is 1.33. The lowest BCUT2D eigenvalue weighted by atomic mass is 9.95. The van der Waals surface area contributed by atoms with Crippen molar-refractivity contribution in [2.45, 2.75) is 57.8 Å². The van der Waals surface area contributed by atoms with Crippen LogP contribution in [-0.4, -0.2) is 67.6 Å². The van der Waals surface area contributed by atoms with E-state index in [1.807, 2.05) is 74.1 Å². The van der Waals surface area contributed by atoms with Gasteiger partial charge in [0.15, 0.2) is 0 Å². The van der Waals surface area contributed by atoms with Crippen LogP contribution in [0.15, 0.2) is 77.9 Å². The number of hydrogen-bond donors (Lipinski definition) is 1. The maximum Gasteiger partial charge on any atom is 0.411 e. The lowest BCUT2D eigenvalue weighted by Gasteiger charge is -2.44. The van der Waals surface area contributed by atoms with Gasteiger partial charge in [-0.15, -0.1) is 0 Å². The van der Waals surface area contributed by atoms with E-state index in [1.54, 1.807) is 17.4 Å². The summed E-state index contributed by atoms with van der Waals surface area (Å²) in [5.41, 5.74) is 5.35. The van der Waals surface area contributed by atoms with Crippen molar-refractivity contribution in [3.8, 4) is 0 Å². The number of ether oxygens (including phenoxy) is 1. The first-order chi connectivity index (χ1) is 21.5. The van der Waals surface area contributed by atoms with Gasteiger partial charge in [0.1, 0.15) is 11.6 Å². The number of carbonyl (C=O) groups excluding carboxylic acids is 2. The highest BCUT2D eigenvalue weighted by molar-refractivity contribution is 9.10. The van der Waals surface area contributed by atoms with Crippen molar-refractivity contribution < 1.29 is 14.3 Å². The van der Waals surface area contributed by atoms with Gasteiger partial charge in [-0.2, -0.15) is 0 Å². The van der Waals surface area contributed by atoms with Crippen LogP contribution in [-0.2, 0) is 28.9 Å². The van der Waals surface area contributed by atoms with Gasteiger partial charge in [0.05, 0.1) is 18.1 Å². The Labute approximate surface area is 276 Å². The fraction of sp³-hybridized carbons (Fsp3) is 0.353. The molecule has 0 bridgehead atoms. The van der Waals surface area contributed by atoms with Crippen LogP contribution in [0.4, 0.5) is 10.5 Å². The first-order valence-electron chi connectivity index (χ1n) is 15.1. The Morgan fingerprint density at radius 3 is 2.69 bits per heavy atom. The van der Waals surface area contributed by atoms with E-state index in [2.05, 4.69) is 43.3 Å². The number of benzene rings is 2. The molecule has 2 aromatic carbocycles. The van der Waals surface area contributed by atoms with E-state index in [-0.39, 0.29) is 11.9 Å². The summed E-state index contributed by atoms with van der Waals surface area (Å²) in [5, 5.41) is 3.78. The highest BCUT2D eigenvalue weighted by atomic mass is 79.9. The van der Waals surface area contributed by atoms with Crippen LogP contribution in [0.2, 0.25) is 5.02 Å². The molecule has 234 valence electrons. The van der Waals surface area contributed by atoms with E-state index in [9.17, 15) is 9.59 Å². The molecule has 1 unspecified atom stereocenters. The van der Waals surface area contributed by atoms with Gasteiger partial charge < -0.3 is 14.6 Å². The number of nitrogens with one attached hydrogen (secondary N) is 1. The van der Waals surface area contributed by atoms with Crippen LogP contribution >= 0.6 is 27.5 Å². The van der Waals surface area contributed by atoms with E-state index in [0.29, 0.717) is 36.9 Å². The van der Waals surface area contributed by atoms with Gasteiger partial charge in [0.2, 0.25) is 5.91 Å². The lowest BCUT2D eigenvalue weighted by molar-refractivity contribution is -0.124. The predicted molar refractivity (Wildman–Crippen MR) is 177 cm³/mol. The SMILES string of the molecule is CC(C)(C)OC(=O)N1CCN(C2c3ccc(Cl)cc3CCc3cc(Br)cnc32)C[C@H]1C(=O)Nc1cccc(Cn2ccnc2)c1. The van der Waals surface area contributed by atoms with Crippen molar-refractivity contribution in [3.63, 3.8) is 0 Å². The average molecular weight is 692 g/mol. The fourth-order valence-corrected chi connectivity index (χ4v) is 6.72. The first kappa shape index (κ1) is 31.3. The van der Waals surface area contributed by atoms with Crippen molar-refractivity contribution in [2.24, 2.45) is 0 Å². The van der Waals surface area contributed by atoms with E-state index >= 15 is 0 Å².